The zero-order chi connectivity index (χ0) is 23.0. The van der Waals surface area contributed by atoms with Crippen LogP contribution < -0.4 is 9.62 Å². The van der Waals surface area contributed by atoms with Gasteiger partial charge in [0.2, 0.25) is 5.91 Å². The minimum Gasteiger partial charge on any atom is -0.354 e. The number of benzene rings is 2. The quantitative estimate of drug-likeness (QED) is 0.390. The first kappa shape index (κ1) is 24.3. The minimum atomic E-state index is -3.93. The van der Waals surface area contributed by atoms with Crippen molar-refractivity contribution in [3.63, 3.8) is 0 Å². The second-order valence-corrected chi connectivity index (χ2v) is 11.3. The van der Waals surface area contributed by atoms with Crippen LogP contribution in [0, 0.1) is 12.7 Å². The molecule has 0 aliphatic carbocycles. The number of anilines is 1. The summed E-state index contributed by atoms with van der Waals surface area (Å²) in [6, 6.07) is 16.6. The Hall–Kier alpha value is -2.36. The van der Waals surface area contributed by atoms with Crippen LogP contribution in [0.5, 0.6) is 0 Å². The lowest BCUT2D eigenvalue weighted by Crippen LogP contribution is -2.41. The number of carbonyl (C=O) groups excluding carboxylic acids is 1. The zero-order valence-electron chi connectivity index (χ0n) is 17.7. The van der Waals surface area contributed by atoms with Gasteiger partial charge < -0.3 is 5.32 Å². The third-order valence-corrected chi connectivity index (χ3v) is 8.88. The predicted octanol–water partition coefficient (Wildman–Crippen LogP) is 4.83. The van der Waals surface area contributed by atoms with Crippen molar-refractivity contribution in [3.8, 4) is 0 Å². The standard InChI is InChI=1S/C23H25FN2O3S3/c1-18-5-7-19(8-6-18)17-30-14-3-13-25-22(27)16-26(21-11-9-20(24)10-12-21)32(28,29)23-4-2-15-31-23/h2,4-12,15H,3,13-14,16-17H2,1H3,(H,25,27). The van der Waals surface area contributed by atoms with Crippen LogP contribution in [0.2, 0.25) is 0 Å². The van der Waals surface area contributed by atoms with Gasteiger partial charge in [-0.1, -0.05) is 35.9 Å². The van der Waals surface area contributed by atoms with Crippen molar-refractivity contribution in [2.24, 2.45) is 0 Å². The van der Waals surface area contributed by atoms with E-state index in [1.165, 1.54) is 41.5 Å². The van der Waals surface area contributed by atoms with Gasteiger partial charge in [-0.25, -0.2) is 12.8 Å². The summed E-state index contributed by atoms with van der Waals surface area (Å²) in [7, 11) is -3.93. The lowest BCUT2D eigenvalue weighted by atomic mass is 10.2. The van der Waals surface area contributed by atoms with Crippen molar-refractivity contribution >= 4 is 44.7 Å². The number of thiophene rings is 1. The highest BCUT2D eigenvalue weighted by molar-refractivity contribution is 7.98. The number of hydrogen-bond acceptors (Lipinski definition) is 5. The summed E-state index contributed by atoms with van der Waals surface area (Å²) in [5, 5.41) is 4.45. The molecule has 3 aromatic rings. The Bertz CT molecular complexity index is 1100. The van der Waals surface area contributed by atoms with Gasteiger partial charge in [-0.2, -0.15) is 11.8 Å². The van der Waals surface area contributed by atoms with Gasteiger partial charge in [-0.3, -0.25) is 9.10 Å². The summed E-state index contributed by atoms with van der Waals surface area (Å²) in [6.45, 7) is 2.14. The average Bonchev–Trinajstić information content (AvgIpc) is 3.32. The zero-order valence-corrected chi connectivity index (χ0v) is 20.1. The third kappa shape index (κ3) is 6.82. The summed E-state index contributed by atoms with van der Waals surface area (Å²) in [4.78, 5) is 12.5. The maximum atomic E-state index is 13.3. The van der Waals surface area contributed by atoms with Crippen LogP contribution in [0.4, 0.5) is 10.1 Å². The summed E-state index contributed by atoms with van der Waals surface area (Å²) in [5.41, 5.74) is 2.74. The van der Waals surface area contributed by atoms with Crippen LogP contribution in [0.25, 0.3) is 0 Å². The molecule has 0 fully saturated rings. The summed E-state index contributed by atoms with van der Waals surface area (Å²) in [6.07, 6.45) is 0.774. The first-order valence-electron chi connectivity index (χ1n) is 10.1. The molecule has 1 N–H and O–H groups in total. The predicted molar refractivity (Wildman–Crippen MR) is 130 cm³/mol. The topological polar surface area (TPSA) is 66.5 Å². The number of amides is 1. The summed E-state index contributed by atoms with van der Waals surface area (Å²) in [5.74, 6) is 0.905. The molecule has 0 spiro atoms. The maximum absolute atomic E-state index is 13.3. The maximum Gasteiger partial charge on any atom is 0.274 e. The number of nitrogens with one attached hydrogen (secondary N) is 1. The highest BCUT2D eigenvalue weighted by Crippen LogP contribution is 2.26. The Kier molecular flexibility index (Phi) is 8.72. The number of hydrogen-bond donors (Lipinski definition) is 1. The fourth-order valence-electron chi connectivity index (χ4n) is 2.90. The Morgan fingerprint density at radius 2 is 1.81 bits per heavy atom. The van der Waals surface area contributed by atoms with E-state index in [1.807, 2.05) is 0 Å². The summed E-state index contributed by atoms with van der Waals surface area (Å²) >= 11 is 2.86. The molecule has 0 aliphatic heterocycles. The number of nitrogens with zero attached hydrogens (tertiary/aromatic N) is 1. The number of rotatable bonds is 11. The van der Waals surface area contributed by atoms with Gasteiger partial charge in [-0.15, -0.1) is 11.3 Å². The second-order valence-electron chi connectivity index (χ2n) is 7.16. The van der Waals surface area contributed by atoms with E-state index in [9.17, 15) is 17.6 Å². The lowest BCUT2D eigenvalue weighted by molar-refractivity contribution is -0.119. The van der Waals surface area contributed by atoms with Gasteiger partial charge in [0.25, 0.3) is 10.0 Å². The van der Waals surface area contributed by atoms with Crippen LogP contribution >= 0.6 is 23.1 Å². The van der Waals surface area contributed by atoms with E-state index in [2.05, 4.69) is 36.5 Å². The largest absolute Gasteiger partial charge is 0.354 e. The lowest BCUT2D eigenvalue weighted by Gasteiger charge is -2.23. The second kappa shape index (κ2) is 11.5. The fraction of sp³-hybridized carbons (Fsp3) is 0.261. The van der Waals surface area contributed by atoms with Crippen molar-refractivity contribution < 1.29 is 17.6 Å². The van der Waals surface area contributed by atoms with Crippen molar-refractivity contribution in [2.75, 3.05) is 23.1 Å². The molecule has 1 amide bonds. The highest BCUT2D eigenvalue weighted by Gasteiger charge is 2.28. The number of sulfonamides is 1. The van der Waals surface area contributed by atoms with Crippen molar-refractivity contribution in [3.05, 3.63) is 83.0 Å². The van der Waals surface area contributed by atoms with E-state index in [4.69, 9.17) is 0 Å². The van der Waals surface area contributed by atoms with Crippen LogP contribution in [0.15, 0.2) is 70.3 Å². The number of aryl methyl sites for hydroxylation is 1. The molecule has 0 saturated heterocycles. The van der Waals surface area contributed by atoms with Gasteiger partial charge in [0.1, 0.15) is 16.6 Å². The molecule has 0 unspecified atom stereocenters. The van der Waals surface area contributed by atoms with Crippen LogP contribution in [0.1, 0.15) is 17.5 Å². The van der Waals surface area contributed by atoms with Gasteiger partial charge >= 0.3 is 0 Å². The van der Waals surface area contributed by atoms with Crippen molar-refractivity contribution in [1.82, 2.24) is 5.32 Å². The van der Waals surface area contributed by atoms with Crippen LogP contribution in [0.3, 0.4) is 0 Å². The highest BCUT2D eigenvalue weighted by atomic mass is 32.2. The van der Waals surface area contributed by atoms with E-state index >= 15 is 0 Å². The van der Waals surface area contributed by atoms with Crippen molar-refractivity contribution in [1.29, 1.82) is 0 Å². The van der Waals surface area contributed by atoms with E-state index in [0.717, 1.165) is 33.6 Å². The van der Waals surface area contributed by atoms with Gasteiger partial charge in [0.05, 0.1) is 5.69 Å². The monoisotopic (exact) mass is 492 g/mol. The fourth-order valence-corrected chi connectivity index (χ4v) is 6.35. The molecule has 0 bridgehead atoms. The van der Waals surface area contributed by atoms with Crippen molar-refractivity contribution in [2.45, 2.75) is 23.3 Å². The van der Waals surface area contributed by atoms with E-state index in [0.29, 0.717) is 6.54 Å². The number of carbonyl (C=O) groups is 1. The number of thioether (sulfide) groups is 1. The Balaban J connectivity index is 1.52. The Labute approximate surface area is 196 Å². The molecule has 170 valence electrons. The molecule has 0 saturated carbocycles. The van der Waals surface area contributed by atoms with Gasteiger partial charge in [-0.05, 0) is 60.4 Å². The molecule has 9 heteroatoms. The summed E-state index contributed by atoms with van der Waals surface area (Å²) < 4.78 is 40.6. The smallest absolute Gasteiger partial charge is 0.274 e. The van der Waals surface area contributed by atoms with Crippen LogP contribution in [-0.2, 0) is 20.6 Å². The molecule has 0 radical (unpaired) electrons. The van der Waals surface area contributed by atoms with E-state index < -0.39 is 21.7 Å². The molecule has 0 aliphatic rings. The molecule has 0 atom stereocenters. The van der Waals surface area contributed by atoms with E-state index in [1.54, 1.807) is 23.2 Å². The number of halogens is 1. The third-order valence-electron chi connectivity index (χ3n) is 4.62. The first-order valence-corrected chi connectivity index (χ1v) is 13.6. The molecule has 2 aromatic carbocycles. The molecule has 1 heterocycles. The SMILES string of the molecule is Cc1ccc(CSCCCNC(=O)CN(c2ccc(F)cc2)S(=O)(=O)c2cccs2)cc1. The Morgan fingerprint density at radius 1 is 1.09 bits per heavy atom. The Morgan fingerprint density at radius 3 is 2.47 bits per heavy atom. The minimum absolute atomic E-state index is 0.127. The molecular formula is C23H25FN2O3S3. The normalized spacial score (nSPS) is 11.3. The van der Waals surface area contributed by atoms with Gasteiger partial charge in [0, 0.05) is 12.3 Å². The molecule has 5 nitrogen and oxygen atoms in total. The molecule has 32 heavy (non-hydrogen) atoms. The van der Waals surface area contributed by atoms with E-state index in [-0.39, 0.29) is 16.4 Å². The molecular weight excluding hydrogens is 467 g/mol. The average molecular weight is 493 g/mol. The van der Waals surface area contributed by atoms with Gasteiger partial charge in [0.15, 0.2) is 0 Å². The van der Waals surface area contributed by atoms with Crippen LogP contribution in [-0.4, -0.2) is 33.2 Å². The molecule has 3 rings (SSSR count). The first-order chi connectivity index (χ1) is 15.4. The molecule has 1 aromatic heterocycles.